The average Bonchev–Trinajstić information content (AvgIpc) is 1.46. The van der Waals surface area contributed by atoms with Crippen LogP contribution in [0, 0.1) is 50.4 Å². The molecule has 13 atom stereocenters. The van der Waals surface area contributed by atoms with Crippen LogP contribution in [0.15, 0.2) is 42.5 Å². The minimum absolute atomic E-state index is 0.0239. The Morgan fingerprint density at radius 1 is 0.613 bits per heavy atom. The number of methoxy groups -OCH3 is 4. The van der Waals surface area contributed by atoms with Crippen molar-refractivity contribution in [1.82, 2.24) is 24.9 Å². The Morgan fingerprint density at radius 2 is 1.11 bits per heavy atom. The zero-order chi connectivity index (χ0) is 78.8. The van der Waals surface area contributed by atoms with Gasteiger partial charge in [-0.25, -0.2) is 9.59 Å². The lowest BCUT2D eigenvalue weighted by atomic mass is 9.71. The SMILES string of the molecule is COc1c(C)cc2c(c1O)C1C3[C@@H]4SCC(=O)C(=O)OC[C@@H](c5c6c(c(C)c(OC(C)=O)c54)OCO6)N3[C@@H](C#N)[C@H](C2)N1C.COc1cc2c(cc1O)CCN[C@]21CS[C@@H]2c3c(OC(C)=O)c(C)c4c(c3[C@H](COC1=O)N1C2C2c3c(cc(C)c(OC)c3O)C[C@@H]([C@@H]1C#N)N2C)OCO4.COc1ccc(CCN)cc1O. The average molecular weight is 1560 g/mol. The predicted molar refractivity (Wildman–Crippen MR) is 400 cm³/mol. The number of rotatable bonds is 8. The third-order valence-corrected chi connectivity index (χ3v) is 26.4. The molecule has 0 amide bonds. The molecule has 7 N–H and O–H groups in total. The minimum atomic E-state index is -1.36. The number of nitrogens with two attached hydrogens (primary N) is 1. The minimum Gasteiger partial charge on any atom is -0.504 e. The molecule has 31 heteroatoms. The van der Waals surface area contributed by atoms with Crippen molar-refractivity contribution in [2.45, 2.75) is 144 Å². The van der Waals surface area contributed by atoms with Crippen LogP contribution >= 0.6 is 23.5 Å². The number of nitrogens with zero attached hydrogens (tertiary/aromatic N) is 6. The van der Waals surface area contributed by atoms with E-state index in [0.29, 0.717) is 134 Å². The largest absolute Gasteiger partial charge is 0.504 e. The number of carbonyl (C=O) groups is 5. The second-order valence-corrected chi connectivity index (χ2v) is 31.6. The van der Waals surface area contributed by atoms with Gasteiger partial charge in [-0.3, -0.25) is 39.3 Å². The number of esters is 4. The molecule has 1 spiro atoms. The van der Waals surface area contributed by atoms with Gasteiger partial charge in [0.15, 0.2) is 74.5 Å². The third-order valence-electron chi connectivity index (χ3n) is 23.7. The molecule has 0 aromatic heterocycles. The molecule has 0 saturated carbocycles. The number of likely N-dealkylation sites (N-methyl/N-ethyl adjacent to an activating group) is 2. The highest BCUT2D eigenvalue weighted by Crippen LogP contribution is 2.67. The molecule has 12 aliphatic heterocycles. The van der Waals surface area contributed by atoms with E-state index in [0.717, 1.165) is 39.8 Å². The Bertz CT molecular complexity index is 4990. The van der Waals surface area contributed by atoms with E-state index in [1.165, 1.54) is 65.8 Å². The Labute approximate surface area is 648 Å². The van der Waals surface area contributed by atoms with Crippen LogP contribution in [-0.2, 0) is 64.7 Å². The van der Waals surface area contributed by atoms with Crippen molar-refractivity contribution in [3.05, 3.63) is 126 Å². The van der Waals surface area contributed by atoms with Gasteiger partial charge in [0.2, 0.25) is 19.4 Å². The van der Waals surface area contributed by atoms with Crippen molar-refractivity contribution >= 4 is 53.2 Å². The lowest BCUT2D eigenvalue weighted by Gasteiger charge is -2.62. The molecule has 8 bridgehead atoms. The second-order valence-electron chi connectivity index (χ2n) is 29.4. The topological polar surface area (TPSA) is 376 Å². The van der Waals surface area contributed by atoms with Gasteiger partial charge in [0.1, 0.15) is 36.8 Å². The van der Waals surface area contributed by atoms with E-state index in [9.17, 15) is 54.9 Å². The van der Waals surface area contributed by atoms with Gasteiger partial charge in [0, 0.05) is 94.8 Å². The van der Waals surface area contributed by atoms with E-state index in [1.54, 1.807) is 31.2 Å². The zero-order valence-electron chi connectivity index (χ0n) is 63.3. The maximum atomic E-state index is 14.7. The van der Waals surface area contributed by atoms with E-state index >= 15 is 0 Å². The summed E-state index contributed by atoms with van der Waals surface area (Å²) in [5.41, 5.74) is 15.0. The number of fused-ring (bicyclic) bond motifs is 18. The van der Waals surface area contributed by atoms with Gasteiger partial charge in [0.25, 0.3) is 0 Å². The van der Waals surface area contributed by atoms with E-state index in [1.807, 2.05) is 53.1 Å². The lowest BCUT2D eigenvalue weighted by Crippen LogP contribution is -2.69. The van der Waals surface area contributed by atoms with E-state index in [-0.39, 0.29) is 79.1 Å². The molecule has 4 unspecified atom stereocenters. The number of thioether (sulfide) groups is 2. The van der Waals surface area contributed by atoms with Crippen LogP contribution in [0.5, 0.6) is 80.5 Å². The summed E-state index contributed by atoms with van der Waals surface area (Å²) in [5.74, 6) is 0.784. The van der Waals surface area contributed by atoms with E-state index in [4.69, 9.17) is 62.6 Å². The smallest absolute Gasteiger partial charge is 0.375 e. The van der Waals surface area contributed by atoms with Crippen molar-refractivity contribution in [2.24, 2.45) is 5.73 Å². The quantitative estimate of drug-likeness (QED) is 0.0483. The third kappa shape index (κ3) is 12.1. The first-order valence-electron chi connectivity index (χ1n) is 36.5. The predicted octanol–water partition coefficient (Wildman–Crippen LogP) is 7.69. The van der Waals surface area contributed by atoms with Gasteiger partial charge in [-0.05, 0) is 137 Å². The zero-order valence-corrected chi connectivity index (χ0v) is 64.9. The van der Waals surface area contributed by atoms with Crippen molar-refractivity contribution in [3.8, 4) is 92.6 Å². The molecule has 6 aromatic carbocycles. The molecule has 18 rings (SSSR count). The van der Waals surface area contributed by atoms with Crippen LogP contribution in [-0.4, -0.2) is 200 Å². The van der Waals surface area contributed by atoms with Crippen molar-refractivity contribution in [2.75, 3.05) is 93.9 Å². The van der Waals surface area contributed by atoms with Crippen LogP contribution in [0.1, 0.15) is 132 Å². The van der Waals surface area contributed by atoms with E-state index in [2.05, 4.69) is 37.1 Å². The van der Waals surface area contributed by atoms with Gasteiger partial charge in [-0.1, -0.05) is 18.2 Å². The number of nitrogens with one attached hydrogen (secondary N) is 1. The van der Waals surface area contributed by atoms with Gasteiger partial charge in [-0.2, -0.15) is 10.5 Å². The summed E-state index contributed by atoms with van der Waals surface area (Å²) in [6, 6.07) is 12.4. The van der Waals surface area contributed by atoms with Crippen LogP contribution in [0.2, 0.25) is 0 Å². The number of piperazine rings is 2. The highest BCUT2D eigenvalue weighted by atomic mass is 32.2. The molecular weight excluding hydrogens is 1470 g/mol. The normalized spacial score (nSPS) is 26.8. The molecule has 6 aromatic rings. The van der Waals surface area contributed by atoms with Crippen molar-refractivity contribution < 1.29 is 101 Å². The van der Waals surface area contributed by atoms with Gasteiger partial charge in [-0.15, -0.1) is 23.5 Å². The highest BCUT2D eigenvalue weighted by Gasteiger charge is 2.64. The maximum absolute atomic E-state index is 14.7. The fourth-order valence-corrected chi connectivity index (χ4v) is 22.2. The summed E-state index contributed by atoms with van der Waals surface area (Å²) in [5, 5.41) is 68.1. The Kier molecular flexibility index (Phi) is 20.3. The molecule has 0 radical (unpaired) electrons. The summed E-state index contributed by atoms with van der Waals surface area (Å²) in [4.78, 5) is 74.4. The first-order chi connectivity index (χ1) is 53.3. The molecule has 4 saturated heterocycles. The first-order valence-corrected chi connectivity index (χ1v) is 38.6. The summed E-state index contributed by atoms with van der Waals surface area (Å²) in [7, 11) is 9.96. The number of ketones is 1. The molecule has 4 fully saturated rings. The lowest BCUT2D eigenvalue weighted by molar-refractivity contribution is -0.157. The number of hydrogen-bond acceptors (Lipinski definition) is 31. The van der Waals surface area contributed by atoms with Gasteiger partial charge in [0.05, 0.1) is 81.0 Å². The number of aromatic hydroxyl groups is 4. The van der Waals surface area contributed by atoms with Crippen LogP contribution in [0.25, 0.3) is 0 Å². The Balaban J connectivity index is 0.000000156. The molecule has 0 aliphatic carbocycles. The number of ether oxygens (including phenoxy) is 12. The molecule has 12 aliphatic rings. The number of hydrogen-bond donors (Lipinski definition) is 6. The number of phenolic OH excluding ortho intramolecular Hbond substituents is 4. The number of phenols is 4. The van der Waals surface area contributed by atoms with Crippen LogP contribution < -0.4 is 58.4 Å². The van der Waals surface area contributed by atoms with Crippen molar-refractivity contribution in [3.63, 3.8) is 0 Å². The second kappa shape index (κ2) is 29.5. The number of carbonyl (C=O) groups excluding carboxylic acids is 5. The number of benzene rings is 6. The Hall–Kier alpha value is -10.1. The number of cyclic esters (lactones) is 1. The van der Waals surface area contributed by atoms with Crippen molar-refractivity contribution in [1.29, 1.82) is 10.5 Å². The first kappa shape index (κ1) is 76.3. The summed E-state index contributed by atoms with van der Waals surface area (Å²) in [6.45, 7) is 10.5. The Morgan fingerprint density at radius 3 is 1.59 bits per heavy atom. The number of aryl methyl sites for hydroxylation is 2. The summed E-state index contributed by atoms with van der Waals surface area (Å²) in [6.07, 6.45) is 2.31. The maximum Gasteiger partial charge on any atom is 0.375 e. The monoisotopic (exact) mass is 1560 g/mol. The number of nitriles is 2. The molecule has 12 heterocycles. The van der Waals surface area contributed by atoms with Crippen LogP contribution in [0.4, 0.5) is 0 Å². The summed E-state index contributed by atoms with van der Waals surface area (Å²) >= 11 is 2.70. The number of Topliss-reactive ketones (excluding diaryl/α,β-unsaturated/α-hetero) is 1. The molecular formula is C80H86N8O21S2. The summed E-state index contributed by atoms with van der Waals surface area (Å²) < 4.78 is 70.0. The highest BCUT2D eigenvalue weighted by molar-refractivity contribution is 8.00. The van der Waals surface area contributed by atoms with Gasteiger partial charge >= 0.3 is 23.9 Å². The standard InChI is InChI=1S/C40H42N4O10S.C31H31N3O9S.C9H13NO2/c1-17-9-21-10-23-24(13-41)44-25-14-51-39(48)40(22-12-27(49-5)26(46)11-20(22)7-8-42-40)15-55-38(32(44)31(43(23)4)28(21)33(47)34(17)50-6)30-29(25)37-36(52-16-53-37)18(2)35(30)54-19(3)45;1-12-6-15-7-16-17(8-32)34-18-9-40-31(38)19(36)10-44-30(24(34)23(33(16)4)20(15)25(37)26(12)39-5)22-21(18)29-28(41-11-42-29)13(2)27(22)43-14(3)35;1-12-9-3-2-7(4-5-10)6-8(9)11/h9,11-12,23-25,31-32,38,42,46-47H,7-8,10,14-16H2,1-6H3;6,16-18,23-24,30,37H,7,9-11H2,1-5H3;2-3,6,11H,4-5,10H2,1H3/t23-,24-,25-,31?,32?,38+,40+;16-,17-,18-,23?,24?,30+;/m00./s1. The molecule has 29 nitrogen and oxygen atoms in total. The van der Waals surface area contributed by atoms with Gasteiger partial charge < -0.3 is 83.0 Å². The fraction of sp³-hybridized carbons (Fsp3) is 0.463. The van der Waals surface area contributed by atoms with E-state index < -0.39 is 94.0 Å². The molecule has 111 heavy (non-hydrogen) atoms. The van der Waals surface area contributed by atoms with Crippen LogP contribution in [0.3, 0.4) is 0 Å². The molecule has 584 valence electrons. The fourth-order valence-electron chi connectivity index (χ4n) is 19.1.